The standard InChI is InChI=1S/C26H24N2S3/c1-14-15(2)31-21-7-6-16(11-19(14)21)22-24(29)23(28-13-27-22)18-10-17-8-9-30-25(17)20(12-18)26(3,4)5/h6-13,29H,1-5H3. The maximum absolute atomic E-state index is 4.93. The number of hydrogen-bond donors (Lipinski definition) is 1. The third kappa shape index (κ3) is 3.49. The van der Waals surface area contributed by atoms with Crippen molar-refractivity contribution in [3.63, 3.8) is 0 Å². The fraction of sp³-hybridized carbons (Fsp3) is 0.231. The zero-order valence-corrected chi connectivity index (χ0v) is 20.8. The number of aromatic nitrogens is 2. The van der Waals surface area contributed by atoms with Crippen LogP contribution in [0.3, 0.4) is 0 Å². The Kier molecular flexibility index (Phi) is 4.96. The van der Waals surface area contributed by atoms with Gasteiger partial charge in [-0.1, -0.05) is 26.8 Å². The van der Waals surface area contributed by atoms with Crippen LogP contribution in [0.15, 0.2) is 53.0 Å². The fourth-order valence-corrected chi connectivity index (χ4v) is 6.60. The fourth-order valence-electron chi connectivity index (χ4n) is 4.07. The molecule has 0 aliphatic heterocycles. The highest BCUT2D eigenvalue weighted by molar-refractivity contribution is 7.80. The lowest BCUT2D eigenvalue weighted by atomic mass is 9.85. The second-order valence-electron chi connectivity index (χ2n) is 9.03. The Hall–Kier alpha value is -2.21. The second kappa shape index (κ2) is 7.44. The van der Waals surface area contributed by atoms with E-state index in [4.69, 9.17) is 12.6 Å². The van der Waals surface area contributed by atoms with Gasteiger partial charge in [-0.25, -0.2) is 9.97 Å². The van der Waals surface area contributed by atoms with E-state index >= 15 is 0 Å². The summed E-state index contributed by atoms with van der Waals surface area (Å²) >= 11 is 8.57. The van der Waals surface area contributed by atoms with E-state index in [1.165, 1.54) is 36.2 Å². The summed E-state index contributed by atoms with van der Waals surface area (Å²) in [6.45, 7) is 11.2. The minimum Gasteiger partial charge on any atom is -0.235 e. The van der Waals surface area contributed by atoms with Gasteiger partial charge < -0.3 is 0 Å². The molecule has 0 fully saturated rings. The predicted molar refractivity (Wildman–Crippen MR) is 139 cm³/mol. The molecule has 0 radical (unpaired) electrons. The van der Waals surface area contributed by atoms with Crippen LogP contribution in [0.4, 0.5) is 0 Å². The Labute approximate surface area is 196 Å². The van der Waals surface area contributed by atoms with E-state index in [1.807, 2.05) is 11.3 Å². The topological polar surface area (TPSA) is 25.8 Å². The van der Waals surface area contributed by atoms with Crippen molar-refractivity contribution in [3.05, 3.63) is 64.1 Å². The van der Waals surface area contributed by atoms with Crippen molar-refractivity contribution in [3.8, 4) is 22.5 Å². The van der Waals surface area contributed by atoms with Gasteiger partial charge in [-0.3, -0.25) is 0 Å². The molecule has 31 heavy (non-hydrogen) atoms. The van der Waals surface area contributed by atoms with Crippen molar-refractivity contribution in [1.29, 1.82) is 0 Å². The number of thiophene rings is 2. The molecule has 156 valence electrons. The molecule has 0 saturated carbocycles. The average molecular weight is 461 g/mol. The van der Waals surface area contributed by atoms with E-state index in [1.54, 1.807) is 17.7 Å². The van der Waals surface area contributed by atoms with Gasteiger partial charge in [0.1, 0.15) is 6.33 Å². The molecule has 0 bridgehead atoms. The summed E-state index contributed by atoms with van der Waals surface area (Å²) in [6, 6.07) is 13.3. The average Bonchev–Trinajstić information content (AvgIpc) is 3.31. The van der Waals surface area contributed by atoms with Crippen molar-refractivity contribution in [1.82, 2.24) is 9.97 Å². The number of aryl methyl sites for hydroxylation is 2. The van der Waals surface area contributed by atoms with Crippen LogP contribution in [-0.2, 0) is 5.41 Å². The molecule has 0 N–H and O–H groups in total. The summed E-state index contributed by atoms with van der Waals surface area (Å²) in [7, 11) is 0. The van der Waals surface area contributed by atoms with Gasteiger partial charge in [-0.2, -0.15) is 0 Å². The zero-order valence-electron chi connectivity index (χ0n) is 18.3. The SMILES string of the molecule is Cc1sc2ccc(-c3ncnc(-c4cc(C(C)(C)C)c5sccc5c4)c3S)cc2c1C. The van der Waals surface area contributed by atoms with E-state index < -0.39 is 0 Å². The van der Waals surface area contributed by atoms with Crippen molar-refractivity contribution in [2.75, 3.05) is 0 Å². The predicted octanol–water partition coefficient (Wildman–Crippen LogP) is 8.44. The summed E-state index contributed by atoms with van der Waals surface area (Å²) in [5.74, 6) is 0. The van der Waals surface area contributed by atoms with Crippen molar-refractivity contribution in [2.24, 2.45) is 0 Å². The van der Waals surface area contributed by atoms with Gasteiger partial charge >= 0.3 is 0 Å². The maximum Gasteiger partial charge on any atom is 0.116 e. The van der Waals surface area contributed by atoms with Crippen LogP contribution < -0.4 is 0 Å². The summed E-state index contributed by atoms with van der Waals surface area (Å²) in [5.41, 5.74) is 6.66. The molecule has 0 amide bonds. The molecule has 5 heteroatoms. The van der Waals surface area contributed by atoms with Crippen LogP contribution in [0.5, 0.6) is 0 Å². The Balaban J connectivity index is 1.70. The normalized spacial score (nSPS) is 12.2. The van der Waals surface area contributed by atoms with Crippen LogP contribution in [0.25, 0.3) is 42.7 Å². The molecule has 3 heterocycles. The molecule has 0 atom stereocenters. The summed E-state index contributed by atoms with van der Waals surface area (Å²) in [4.78, 5) is 11.5. The van der Waals surface area contributed by atoms with Crippen molar-refractivity contribution < 1.29 is 0 Å². The van der Waals surface area contributed by atoms with E-state index in [0.717, 1.165) is 27.4 Å². The van der Waals surface area contributed by atoms with E-state index in [-0.39, 0.29) is 5.41 Å². The van der Waals surface area contributed by atoms with Crippen LogP contribution in [0.1, 0.15) is 36.8 Å². The van der Waals surface area contributed by atoms with E-state index in [0.29, 0.717) is 0 Å². The monoisotopic (exact) mass is 460 g/mol. The lowest BCUT2D eigenvalue weighted by molar-refractivity contribution is 0.597. The first-order chi connectivity index (χ1) is 14.7. The minimum atomic E-state index is 0.0467. The Morgan fingerprint density at radius 2 is 1.65 bits per heavy atom. The van der Waals surface area contributed by atoms with Crippen LogP contribution in [0.2, 0.25) is 0 Å². The number of benzene rings is 2. The van der Waals surface area contributed by atoms with Crippen molar-refractivity contribution in [2.45, 2.75) is 44.9 Å². The minimum absolute atomic E-state index is 0.0467. The number of thiol groups is 1. The van der Waals surface area contributed by atoms with Gasteiger partial charge in [-0.05, 0) is 76.9 Å². The molecule has 5 aromatic rings. The number of rotatable bonds is 2. The van der Waals surface area contributed by atoms with Crippen LogP contribution in [0, 0.1) is 13.8 Å². The number of hydrogen-bond acceptors (Lipinski definition) is 5. The van der Waals surface area contributed by atoms with E-state index in [9.17, 15) is 0 Å². The third-order valence-electron chi connectivity index (χ3n) is 5.90. The molecular weight excluding hydrogens is 437 g/mol. The molecule has 0 aliphatic carbocycles. The Morgan fingerprint density at radius 3 is 2.39 bits per heavy atom. The first kappa shape index (κ1) is 20.7. The summed E-state index contributed by atoms with van der Waals surface area (Å²) in [5, 5.41) is 4.71. The van der Waals surface area contributed by atoms with Gasteiger partial charge in [0.2, 0.25) is 0 Å². The molecule has 0 saturated heterocycles. The van der Waals surface area contributed by atoms with Gasteiger partial charge in [0.05, 0.1) is 16.3 Å². The quantitative estimate of drug-likeness (QED) is 0.267. The molecule has 3 aromatic heterocycles. The van der Waals surface area contributed by atoms with Crippen LogP contribution >= 0.6 is 35.3 Å². The lowest BCUT2D eigenvalue weighted by Crippen LogP contribution is -2.11. The van der Waals surface area contributed by atoms with Gasteiger partial charge in [0, 0.05) is 25.4 Å². The first-order valence-corrected chi connectivity index (χ1v) is 12.4. The van der Waals surface area contributed by atoms with Gasteiger partial charge in [-0.15, -0.1) is 35.3 Å². The van der Waals surface area contributed by atoms with Gasteiger partial charge in [0.25, 0.3) is 0 Å². The van der Waals surface area contributed by atoms with Crippen molar-refractivity contribution >= 4 is 55.5 Å². The first-order valence-electron chi connectivity index (χ1n) is 10.3. The molecule has 0 aliphatic rings. The maximum atomic E-state index is 4.93. The second-order valence-corrected chi connectivity index (χ2v) is 11.6. The van der Waals surface area contributed by atoms with E-state index in [2.05, 4.69) is 86.4 Å². The Bertz CT molecular complexity index is 1450. The molecule has 5 rings (SSSR count). The molecule has 2 aromatic carbocycles. The smallest absolute Gasteiger partial charge is 0.116 e. The third-order valence-corrected chi connectivity index (χ3v) is 8.48. The number of fused-ring (bicyclic) bond motifs is 2. The number of nitrogens with zero attached hydrogens (tertiary/aromatic N) is 2. The summed E-state index contributed by atoms with van der Waals surface area (Å²) < 4.78 is 2.66. The highest BCUT2D eigenvalue weighted by Gasteiger charge is 2.21. The molecular formula is C26H24N2S3. The lowest BCUT2D eigenvalue weighted by Gasteiger charge is -2.21. The highest BCUT2D eigenvalue weighted by atomic mass is 32.1. The summed E-state index contributed by atoms with van der Waals surface area (Å²) in [6.07, 6.45) is 1.66. The largest absolute Gasteiger partial charge is 0.235 e. The van der Waals surface area contributed by atoms with Crippen LogP contribution in [-0.4, -0.2) is 9.97 Å². The highest BCUT2D eigenvalue weighted by Crippen LogP contribution is 2.40. The van der Waals surface area contributed by atoms with Gasteiger partial charge in [0.15, 0.2) is 0 Å². The Morgan fingerprint density at radius 1 is 0.903 bits per heavy atom. The molecule has 0 unspecified atom stereocenters. The molecule has 2 nitrogen and oxygen atoms in total. The molecule has 0 spiro atoms. The zero-order chi connectivity index (χ0) is 21.9.